The fourth-order valence-corrected chi connectivity index (χ4v) is 2.12. The zero-order chi connectivity index (χ0) is 14.4. The molecule has 0 bridgehead atoms. The summed E-state index contributed by atoms with van der Waals surface area (Å²) in [5.41, 5.74) is 1.11. The van der Waals surface area contributed by atoms with Crippen LogP contribution in [0.4, 0.5) is 0 Å². The number of nitrogens with one attached hydrogen (secondary N) is 1. The van der Waals surface area contributed by atoms with Gasteiger partial charge in [-0.05, 0) is 24.1 Å². The van der Waals surface area contributed by atoms with Crippen LogP contribution in [0.5, 0.6) is 11.5 Å². The lowest BCUT2D eigenvalue weighted by Crippen LogP contribution is -2.35. The van der Waals surface area contributed by atoms with E-state index in [0.717, 1.165) is 12.0 Å². The Kier molecular flexibility index (Phi) is 5.24. The summed E-state index contributed by atoms with van der Waals surface area (Å²) < 4.78 is 15.5. The molecule has 1 aliphatic heterocycles. The van der Waals surface area contributed by atoms with E-state index in [1.165, 1.54) is 0 Å². The minimum Gasteiger partial charge on any atom is -0.493 e. The van der Waals surface area contributed by atoms with Crippen molar-refractivity contribution in [1.82, 2.24) is 5.32 Å². The first-order valence-electron chi connectivity index (χ1n) is 6.78. The highest BCUT2D eigenvalue weighted by Gasteiger charge is 2.21. The molecule has 1 N–H and O–H groups in total. The summed E-state index contributed by atoms with van der Waals surface area (Å²) in [6.07, 6.45) is 1.33. The van der Waals surface area contributed by atoms with Crippen LogP contribution in [0.25, 0.3) is 0 Å². The third kappa shape index (κ3) is 3.87. The summed E-state index contributed by atoms with van der Waals surface area (Å²) in [6.45, 7) is 2.05. The van der Waals surface area contributed by atoms with Crippen LogP contribution < -0.4 is 14.8 Å². The van der Waals surface area contributed by atoms with Gasteiger partial charge in [0.25, 0.3) is 0 Å². The quantitative estimate of drug-likeness (QED) is 0.819. The van der Waals surface area contributed by atoms with Crippen LogP contribution in [-0.2, 0) is 16.0 Å². The second-order valence-electron chi connectivity index (χ2n) is 4.90. The van der Waals surface area contributed by atoms with Gasteiger partial charge in [-0.25, -0.2) is 0 Å². The Hall–Kier alpha value is -1.75. The maximum atomic E-state index is 11.6. The van der Waals surface area contributed by atoms with Crippen LogP contribution in [-0.4, -0.2) is 39.9 Å². The van der Waals surface area contributed by atoms with Crippen molar-refractivity contribution >= 4 is 5.91 Å². The van der Waals surface area contributed by atoms with Crippen molar-refractivity contribution in [1.29, 1.82) is 0 Å². The average Bonchev–Trinajstić information content (AvgIpc) is 2.42. The fraction of sp³-hybridized carbons (Fsp3) is 0.533. The van der Waals surface area contributed by atoms with Crippen LogP contribution >= 0.6 is 0 Å². The predicted octanol–water partition coefficient (Wildman–Crippen LogP) is 1.40. The van der Waals surface area contributed by atoms with Crippen molar-refractivity contribution in [3.8, 4) is 11.5 Å². The van der Waals surface area contributed by atoms with Crippen molar-refractivity contribution in [2.75, 3.05) is 34.0 Å². The van der Waals surface area contributed by atoms with Crippen LogP contribution in [0, 0.1) is 5.92 Å². The van der Waals surface area contributed by atoms with Gasteiger partial charge in [-0.1, -0.05) is 6.07 Å². The number of carbonyl (C=O) groups is 1. The highest BCUT2D eigenvalue weighted by Crippen LogP contribution is 2.27. The van der Waals surface area contributed by atoms with Crippen LogP contribution in [0.2, 0.25) is 0 Å². The van der Waals surface area contributed by atoms with Crippen molar-refractivity contribution in [2.45, 2.75) is 12.8 Å². The molecule has 110 valence electrons. The zero-order valence-corrected chi connectivity index (χ0v) is 12.0. The number of carbonyl (C=O) groups excluding carboxylic acids is 1. The average molecular weight is 279 g/mol. The molecule has 0 spiro atoms. The molecular weight excluding hydrogens is 258 g/mol. The van der Waals surface area contributed by atoms with Gasteiger partial charge >= 0.3 is 0 Å². The summed E-state index contributed by atoms with van der Waals surface area (Å²) in [5.74, 6) is 1.92. The minimum absolute atomic E-state index is 0.0961. The van der Waals surface area contributed by atoms with Crippen LogP contribution in [0.3, 0.4) is 0 Å². The predicted molar refractivity (Wildman–Crippen MR) is 75.2 cm³/mol. The standard InChI is InChI=1S/C15H21NO4/c1-18-13-4-3-11(7-14(13)19-2)5-6-16-15(17)8-12-9-20-10-12/h3-4,7,12H,5-6,8-10H2,1-2H3,(H,16,17). The van der Waals surface area contributed by atoms with E-state index in [2.05, 4.69) is 5.32 Å². The van der Waals surface area contributed by atoms with Gasteiger partial charge in [0.05, 0.1) is 27.4 Å². The molecule has 0 saturated carbocycles. The van der Waals surface area contributed by atoms with E-state index in [9.17, 15) is 4.79 Å². The Morgan fingerprint density at radius 1 is 1.30 bits per heavy atom. The zero-order valence-electron chi connectivity index (χ0n) is 12.0. The number of benzene rings is 1. The molecular formula is C15H21NO4. The summed E-state index contributed by atoms with van der Waals surface area (Å²) in [7, 11) is 3.23. The number of hydrogen-bond donors (Lipinski definition) is 1. The summed E-state index contributed by atoms with van der Waals surface area (Å²) in [6, 6.07) is 5.79. The highest BCUT2D eigenvalue weighted by molar-refractivity contribution is 5.76. The van der Waals surface area contributed by atoms with E-state index in [0.29, 0.717) is 43.6 Å². The maximum Gasteiger partial charge on any atom is 0.220 e. The van der Waals surface area contributed by atoms with Gasteiger partial charge in [-0.15, -0.1) is 0 Å². The molecule has 5 heteroatoms. The SMILES string of the molecule is COc1ccc(CCNC(=O)CC2COC2)cc1OC. The number of methoxy groups -OCH3 is 2. The molecule has 0 aliphatic carbocycles. The van der Waals surface area contributed by atoms with Gasteiger partial charge < -0.3 is 19.5 Å². The van der Waals surface area contributed by atoms with Gasteiger partial charge in [0, 0.05) is 18.9 Å². The maximum absolute atomic E-state index is 11.6. The Balaban J connectivity index is 1.76. The smallest absolute Gasteiger partial charge is 0.220 e. The van der Waals surface area contributed by atoms with Crippen molar-refractivity contribution in [2.24, 2.45) is 5.92 Å². The molecule has 1 aromatic rings. The van der Waals surface area contributed by atoms with Gasteiger partial charge in [-0.3, -0.25) is 4.79 Å². The Labute approximate surface area is 119 Å². The van der Waals surface area contributed by atoms with Gasteiger partial charge in [0.15, 0.2) is 11.5 Å². The summed E-state index contributed by atoms with van der Waals surface area (Å²) in [4.78, 5) is 11.6. The molecule has 0 radical (unpaired) electrons. The third-order valence-electron chi connectivity index (χ3n) is 3.36. The third-order valence-corrected chi connectivity index (χ3v) is 3.36. The molecule has 1 aromatic carbocycles. The number of hydrogen-bond acceptors (Lipinski definition) is 4. The van der Waals surface area contributed by atoms with Gasteiger partial charge in [-0.2, -0.15) is 0 Å². The lowest BCUT2D eigenvalue weighted by Gasteiger charge is -2.25. The van der Waals surface area contributed by atoms with E-state index in [-0.39, 0.29) is 5.91 Å². The lowest BCUT2D eigenvalue weighted by atomic mass is 10.0. The first-order chi connectivity index (χ1) is 9.72. The summed E-state index contributed by atoms with van der Waals surface area (Å²) in [5, 5.41) is 2.93. The molecule has 1 heterocycles. The number of amides is 1. The van der Waals surface area contributed by atoms with E-state index in [1.807, 2.05) is 18.2 Å². The molecule has 2 rings (SSSR count). The Morgan fingerprint density at radius 3 is 2.65 bits per heavy atom. The van der Waals surface area contributed by atoms with E-state index in [4.69, 9.17) is 14.2 Å². The molecule has 20 heavy (non-hydrogen) atoms. The first kappa shape index (κ1) is 14.7. The normalized spacial score (nSPS) is 14.5. The minimum atomic E-state index is 0.0961. The largest absolute Gasteiger partial charge is 0.493 e. The van der Waals surface area contributed by atoms with Crippen molar-refractivity contribution in [3.63, 3.8) is 0 Å². The van der Waals surface area contributed by atoms with Crippen molar-refractivity contribution < 1.29 is 19.0 Å². The molecule has 5 nitrogen and oxygen atoms in total. The highest BCUT2D eigenvalue weighted by atomic mass is 16.5. The van der Waals surface area contributed by atoms with E-state index in [1.54, 1.807) is 14.2 Å². The van der Waals surface area contributed by atoms with E-state index >= 15 is 0 Å². The van der Waals surface area contributed by atoms with Gasteiger partial charge in [0.2, 0.25) is 5.91 Å². The number of ether oxygens (including phenoxy) is 3. The van der Waals surface area contributed by atoms with Crippen molar-refractivity contribution in [3.05, 3.63) is 23.8 Å². The monoisotopic (exact) mass is 279 g/mol. The Bertz CT molecular complexity index is 457. The Morgan fingerprint density at radius 2 is 2.05 bits per heavy atom. The topological polar surface area (TPSA) is 56.8 Å². The second kappa shape index (κ2) is 7.14. The number of rotatable bonds is 7. The second-order valence-corrected chi connectivity index (χ2v) is 4.90. The molecule has 0 aromatic heterocycles. The van der Waals surface area contributed by atoms with Crippen LogP contribution in [0.1, 0.15) is 12.0 Å². The van der Waals surface area contributed by atoms with E-state index < -0.39 is 0 Å². The molecule has 1 fully saturated rings. The molecule has 0 atom stereocenters. The lowest BCUT2D eigenvalue weighted by molar-refractivity contribution is -0.126. The fourth-order valence-electron chi connectivity index (χ4n) is 2.12. The molecule has 1 amide bonds. The molecule has 1 saturated heterocycles. The van der Waals surface area contributed by atoms with Gasteiger partial charge in [0.1, 0.15) is 0 Å². The van der Waals surface area contributed by atoms with Crippen LogP contribution in [0.15, 0.2) is 18.2 Å². The molecule has 0 unspecified atom stereocenters. The first-order valence-corrected chi connectivity index (χ1v) is 6.78. The molecule has 1 aliphatic rings. The summed E-state index contributed by atoms with van der Waals surface area (Å²) >= 11 is 0.